The molecule has 0 N–H and O–H groups in total. The molecule has 11 aromatic rings. The first-order valence-electron chi connectivity index (χ1n) is 27.2. The normalized spacial score (nSPS) is 13.9. The Morgan fingerprint density at radius 3 is 0.921 bits per heavy atom. The van der Waals surface area contributed by atoms with Crippen molar-refractivity contribution in [3.63, 3.8) is 0 Å². The van der Waals surface area contributed by atoms with Gasteiger partial charge in [0, 0.05) is 52.9 Å². The van der Waals surface area contributed by atoms with E-state index in [0.29, 0.717) is 0 Å². The van der Waals surface area contributed by atoms with E-state index in [4.69, 9.17) is 0 Å². The Bertz CT molecular complexity index is 3620. The lowest BCUT2D eigenvalue weighted by Gasteiger charge is -2.50. The zero-order valence-electron chi connectivity index (χ0n) is 42.4. The number of hydrogen-bond acceptors (Lipinski definition) is 3. The van der Waals surface area contributed by atoms with Crippen molar-refractivity contribution in [3.8, 4) is 66.8 Å². The van der Waals surface area contributed by atoms with E-state index in [2.05, 4.69) is 269 Å². The minimum Gasteiger partial charge on any atom is -0.371 e. The van der Waals surface area contributed by atoms with E-state index in [1.165, 1.54) is 134 Å². The van der Waals surface area contributed by atoms with Gasteiger partial charge in [-0.2, -0.15) is 0 Å². The van der Waals surface area contributed by atoms with Crippen LogP contribution >= 0.6 is 0 Å². The van der Waals surface area contributed by atoms with Gasteiger partial charge in [-0.15, -0.1) is 0 Å². The molecular weight excluding hydrogens is 918 g/mol. The first kappa shape index (κ1) is 44.4. The van der Waals surface area contributed by atoms with Gasteiger partial charge in [-0.3, -0.25) is 0 Å². The van der Waals surface area contributed by atoms with Crippen molar-refractivity contribution in [1.82, 2.24) is 0 Å². The predicted molar refractivity (Wildman–Crippen MR) is 322 cm³/mol. The van der Waals surface area contributed by atoms with Crippen molar-refractivity contribution in [2.24, 2.45) is 0 Å². The molecule has 0 saturated carbocycles. The average molecular weight is 972 g/mol. The van der Waals surface area contributed by atoms with Crippen LogP contribution in [0.2, 0.25) is 0 Å². The van der Waals surface area contributed by atoms with Crippen LogP contribution in [0.5, 0.6) is 0 Å². The first-order chi connectivity index (χ1) is 37.7. The highest BCUT2D eigenvalue weighted by Gasteiger charge is 2.48. The maximum atomic E-state index is 2.76. The highest BCUT2D eigenvalue weighted by atomic mass is 15.2. The molecule has 0 spiro atoms. The van der Waals surface area contributed by atoms with E-state index >= 15 is 0 Å². The quantitative estimate of drug-likeness (QED) is 0.141. The fraction of sp³-hybridized carbons (Fsp3) is 0.0833. The molecule has 0 bridgehead atoms. The zero-order chi connectivity index (χ0) is 50.1. The van der Waals surface area contributed by atoms with Crippen LogP contribution in [-0.4, -0.2) is 19.8 Å². The van der Waals surface area contributed by atoms with Crippen LogP contribution < -0.4 is 31.1 Å². The molecule has 0 unspecified atom stereocenters. The van der Waals surface area contributed by atoms with E-state index in [0.717, 1.165) is 38.8 Å². The van der Waals surface area contributed by atoms with Crippen molar-refractivity contribution in [2.45, 2.75) is 25.7 Å². The number of nitrogens with zero attached hydrogens (tertiary/aromatic N) is 3. The minimum absolute atomic E-state index is 0.0644. The molecular formula is C72H54BN3. The van der Waals surface area contributed by atoms with Crippen molar-refractivity contribution in [1.29, 1.82) is 0 Å². The van der Waals surface area contributed by atoms with Crippen LogP contribution in [0.3, 0.4) is 0 Å². The molecule has 360 valence electrons. The SMILES string of the molecule is c1ccc(-c2cc(-c3ccccc3)cc(N3c4ccc(-c5ccccc5)cc4B4c5cc(-c6ccccc6)ccc5N(c5cc(-c6ccccc6)cc(-c6ccccc6)c5)c5c6c7c(c3c54)CCCN7CCC6)c2)cc1. The third-order valence-electron chi connectivity index (χ3n) is 16.6. The summed E-state index contributed by atoms with van der Waals surface area (Å²) >= 11 is 0. The summed E-state index contributed by atoms with van der Waals surface area (Å²) in [6, 6.07) is 95.3. The lowest BCUT2D eigenvalue weighted by Crippen LogP contribution is -2.62. The van der Waals surface area contributed by atoms with Crippen molar-refractivity contribution < 1.29 is 0 Å². The molecule has 4 heterocycles. The summed E-state index contributed by atoms with van der Waals surface area (Å²) < 4.78 is 0. The first-order valence-corrected chi connectivity index (χ1v) is 27.2. The summed E-state index contributed by atoms with van der Waals surface area (Å²) in [6.07, 6.45) is 4.27. The maximum absolute atomic E-state index is 2.76. The standard InChI is InChI=1S/C72H54BN3/c1-7-21-49(22-8-1)55-35-37-67-65(47-55)73-66-48-56(50-23-9-2-10-24-50)36-38-68(66)76(62-45-59(53-29-15-5-16-30-53)42-60(46-62)54-31-17-6-18-32-54)72-64-34-20-40-74-39-19-33-63(70(64)74)71(69(72)73)75(67)61-43-57(51-25-11-3-12-26-51)41-58(44-61)52-27-13-4-14-28-52/h1-18,21-32,35-38,41-48H,19-20,33-34,39-40H2. The van der Waals surface area contributed by atoms with Gasteiger partial charge in [-0.1, -0.05) is 206 Å². The number of anilines is 7. The van der Waals surface area contributed by atoms with Gasteiger partial charge in [-0.05, 0) is 168 Å². The topological polar surface area (TPSA) is 9.72 Å². The molecule has 4 heteroatoms. The van der Waals surface area contributed by atoms with Gasteiger partial charge in [0.1, 0.15) is 0 Å². The summed E-state index contributed by atoms with van der Waals surface area (Å²) in [6.45, 7) is 2.07. The van der Waals surface area contributed by atoms with Crippen LogP contribution in [0.4, 0.5) is 39.8 Å². The van der Waals surface area contributed by atoms with E-state index in [1.54, 1.807) is 0 Å². The lowest BCUT2D eigenvalue weighted by molar-refractivity contribution is 0.635. The molecule has 0 saturated heterocycles. The van der Waals surface area contributed by atoms with Gasteiger partial charge in [0.2, 0.25) is 0 Å². The van der Waals surface area contributed by atoms with Crippen LogP contribution in [0, 0.1) is 0 Å². The van der Waals surface area contributed by atoms with E-state index in [9.17, 15) is 0 Å². The molecule has 0 fully saturated rings. The fourth-order valence-electron chi connectivity index (χ4n) is 13.2. The number of fused-ring (bicyclic) bond motifs is 6. The molecule has 0 amide bonds. The second kappa shape index (κ2) is 18.4. The largest absolute Gasteiger partial charge is 0.371 e. The van der Waals surface area contributed by atoms with E-state index in [1.807, 2.05) is 0 Å². The Morgan fingerprint density at radius 1 is 0.276 bits per heavy atom. The Hall–Kier alpha value is -9.12. The fourth-order valence-corrected chi connectivity index (χ4v) is 13.2. The minimum atomic E-state index is -0.0644. The van der Waals surface area contributed by atoms with Crippen LogP contribution in [-0.2, 0) is 12.8 Å². The average Bonchev–Trinajstić information content (AvgIpc) is 3.66. The number of hydrogen-bond donors (Lipinski definition) is 0. The molecule has 0 aliphatic carbocycles. The van der Waals surface area contributed by atoms with Gasteiger partial charge in [0.05, 0.1) is 0 Å². The Labute approximate surface area is 446 Å². The van der Waals surface area contributed by atoms with Gasteiger partial charge in [0.15, 0.2) is 0 Å². The van der Waals surface area contributed by atoms with Gasteiger partial charge in [0.25, 0.3) is 6.71 Å². The molecule has 4 aliphatic heterocycles. The molecule has 3 nitrogen and oxygen atoms in total. The molecule has 76 heavy (non-hydrogen) atoms. The Morgan fingerprint density at radius 2 is 0.592 bits per heavy atom. The maximum Gasteiger partial charge on any atom is 0.252 e. The molecule has 0 atom stereocenters. The number of rotatable bonds is 8. The summed E-state index contributed by atoms with van der Waals surface area (Å²) in [7, 11) is 0. The predicted octanol–water partition coefficient (Wildman–Crippen LogP) is 16.5. The van der Waals surface area contributed by atoms with Crippen molar-refractivity contribution in [3.05, 3.63) is 266 Å². The molecule has 0 aromatic heterocycles. The molecule has 0 radical (unpaired) electrons. The number of benzene rings is 11. The molecule has 4 aliphatic rings. The zero-order valence-corrected chi connectivity index (χ0v) is 42.4. The van der Waals surface area contributed by atoms with Crippen LogP contribution in [0.15, 0.2) is 255 Å². The smallest absolute Gasteiger partial charge is 0.252 e. The monoisotopic (exact) mass is 971 g/mol. The van der Waals surface area contributed by atoms with Gasteiger partial charge < -0.3 is 14.7 Å². The van der Waals surface area contributed by atoms with Gasteiger partial charge in [-0.25, -0.2) is 0 Å². The molecule has 15 rings (SSSR count). The molecule has 11 aromatic carbocycles. The Balaban J connectivity index is 1.09. The van der Waals surface area contributed by atoms with E-state index < -0.39 is 0 Å². The third-order valence-corrected chi connectivity index (χ3v) is 16.6. The van der Waals surface area contributed by atoms with E-state index in [-0.39, 0.29) is 6.71 Å². The highest BCUT2D eigenvalue weighted by Crippen LogP contribution is 2.54. The van der Waals surface area contributed by atoms with Gasteiger partial charge >= 0.3 is 0 Å². The summed E-state index contributed by atoms with van der Waals surface area (Å²) in [5.74, 6) is 0. The second-order valence-corrected chi connectivity index (χ2v) is 21.0. The Kier molecular flexibility index (Phi) is 10.7. The summed E-state index contributed by atoms with van der Waals surface area (Å²) in [5, 5.41) is 0. The van der Waals surface area contributed by atoms with Crippen LogP contribution in [0.1, 0.15) is 24.0 Å². The summed E-state index contributed by atoms with van der Waals surface area (Å²) in [5.41, 5.74) is 30.5. The lowest BCUT2D eigenvalue weighted by atomic mass is 9.32. The van der Waals surface area contributed by atoms with Crippen molar-refractivity contribution >= 4 is 62.9 Å². The second-order valence-electron chi connectivity index (χ2n) is 21.0. The van der Waals surface area contributed by atoms with Crippen molar-refractivity contribution in [2.75, 3.05) is 27.8 Å². The van der Waals surface area contributed by atoms with Crippen LogP contribution in [0.25, 0.3) is 66.8 Å². The third kappa shape index (κ3) is 7.42. The highest BCUT2D eigenvalue weighted by molar-refractivity contribution is 7.00. The summed E-state index contributed by atoms with van der Waals surface area (Å²) in [4.78, 5) is 8.19.